The number of hydrogen-bond acceptors (Lipinski definition) is 2. The molecule has 0 spiro atoms. The minimum atomic E-state index is -0.527. The molecule has 0 bridgehead atoms. The highest BCUT2D eigenvalue weighted by molar-refractivity contribution is 4.86. The molecule has 0 aromatic carbocycles. The van der Waals surface area contributed by atoms with Crippen molar-refractivity contribution in [2.45, 2.75) is 58.5 Å². The van der Waals surface area contributed by atoms with Crippen LogP contribution in [0.4, 0.5) is 0 Å². The standard InChI is InChI=1S/C13H26O2/c1-4-9-15-10-13(14)7-5-12(6-8-13)11(2)3/h11-12,14H,4-10H2,1-3H3. The van der Waals surface area contributed by atoms with E-state index in [1.54, 1.807) is 0 Å². The summed E-state index contributed by atoms with van der Waals surface area (Å²) >= 11 is 0. The number of hydrogen-bond donors (Lipinski definition) is 1. The van der Waals surface area contributed by atoms with Crippen LogP contribution in [0.25, 0.3) is 0 Å². The summed E-state index contributed by atoms with van der Waals surface area (Å²) in [6, 6.07) is 0. The summed E-state index contributed by atoms with van der Waals surface area (Å²) in [5.41, 5.74) is -0.527. The Kier molecular flexibility index (Phi) is 5.07. The van der Waals surface area contributed by atoms with Crippen molar-refractivity contribution in [2.75, 3.05) is 13.2 Å². The van der Waals surface area contributed by atoms with Crippen molar-refractivity contribution in [2.24, 2.45) is 11.8 Å². The van der Waals surface area contributed by atoms with Crippen molar-refractivity contribution in [3.8, 4) is 0 Å². The Morgan fingerprint density at radius 3 is 2.40 bits per heavy atom. The first-order valence-corrected chi connectivity index (χ1v) is 6.37. The lowest BCUT2D eigenvalue weighted by molar-refractivity contribution is -0.0786. The normalized spacial score (nSPS) is 32.2. The van der Waals surface area contributed by atoms with E-state index in [0.29, 0.717) is 6.61 Å². The quantitative estimate of drug-likeness (QED) is 0.713. The van der Waals surface area contributed by atoms with Gasteiger partial charge in [0.1, 0.15) is 0 Å². The van der Waals surface area contributed by atoms with E-state index in [2.05, 4.69) is 20.8 Å². The lowest BCUT2D eigenvalue weighted by Crippen LogP contribution is -2.39. The van der Waals surface area contributed by atoms with Gasteiger partial charge >= 0.3 is 0 Å². The van der Waals surface area contributed by atoms with E-state index in [4.69, 9.17) is 4.74 Å². The topological polar surface area (TPSA) is 29.5 Å². The molecule has 1 aliphatic carbocycles. The van der Waals surface area contributed by atoms with Crippen molar-refractivity contribution in [1.82, 2.24) is 0 Å². The predicted molar refractivity (Wildman–Crippen MR) is 62.9 cm³/mol. The molecule has 1 fully saturated rings. The Hall–Kier alpha value is -0.0800. The van der Waals surface area contributed by atoms with Gasteiger partial charge in [-0.2, -0.15) is 0 Å². The molecule has 2 heteroatoms. The molecule has 0 unspecified atom stereocenters. The average molecular weight is 214 g/mol. The second-order valence-electron chi connectivity index (χ2n) is 5.36. The van der Waals surface area contributed by atoms with Crippen LogP contribution in [-0.2, 0) is 4.74 Å². The molecular weight excluding hydrogens is 188 g/mol. The van der Waals surface area contributed by atoms with Gasteiger partial charge in [-0.25, -0.2) is 0 Å². The smallest absolute Gasteiger partial charge is 0.0880 e. The van der Waals surface area contributed by atoms with Crippen molar-refractivity contribution in [1.29, 1.82) is 0 Å². The van der Waals surface area contributed by atoms with Gasteiger partial charge in [0.25, 0.3) is 0 Å². The summed E-state index contributed by atoms with van der Waals surface area (Å²) in [6.45, 7) is 7.96. The van der Waals surface area contributed by atoms with Crippen molar-refractivity contribution in [3.05, 3.63) is 0 Å². The maximum Gasteiger partial charge on any atom is 0.0880 e. The fraction of sp³-hybridized carbons (Fsp3) is 1.00. The number of aliphatic hydroxyl groups is 1. The van der Waals surface area contributed by atoms with E-state index in [1.807, 2.05) is 0 Å². The first kappa shape index (κ1) is 13.0. The maximum atomic E-state index is 10.3. The molecular formula is C13H26O2. The Morgan fingerprint density at radius 1 is 1.33 bits per heavy atom. The first-order chi connectivity index (χ1) is 7.07. The Labute approximate surface area is 94.0 Å². The van der Waals surface area contributed by atoms with E-state index in [9.17, 15) is 5.11 Å². The summed E-state index contributed by atoms with van der Waals surface area (Å²) in [4.78, 5) is 0. The van der Waals surface area contributed by atoms with E-state index >= 15 is 0 Å². The van der Waals surface area contributed by atoms with Gasteiger partial charge in [-0.3, -0.25) is 0 Å². The van der Waals surface area contributed by atoms with Gasteiger partial charge in [0.15, 0.2) is 0 Å². The van der Waals surface area contributed by atoms with Gasteiger partial charge < -0.3 is 9.84 Å². The highest BCUT2D eigenvalue weighted by Gasteiger charge is 2.34. The molecule has 0 aromatic heterocycles. The molecule has 1 N–H and O–H groups in total. The van der Waals surface area contributed by atoms with Crippen LogP contribution >= 0.6 is 0 Å². The van der Waals surface area contributed by atoms with E-state index in [1.165, 1.54) is 0 Å². The van der Waals surface area contributed by atoms with Crippen LogP contribution in [0.3, 0.4) is 0 Å². The van der Waals surface area contributed by atoms with Crippen LogP contribution in [0.5, 0.6) is 0 Å². The maximum absolute atomic E-state index is 10.3. The molecule has 1 aliphatic rings. The van der Waals surface area contributed by atoms with Crippen molar-refractivity contribution >= 4 is 0 Å². The van der Waals surface area contributed by atoms with E-state index < -0.39 is 5.60 Å². The molecule has 0 atom stereocenters. The number of ether oxygens (including phenoxy) is 1. The monoisotopic (exact) mass is 214 g/mol. The molecule has 0 amide bonds. The van der Waals surface area contributed by atoms with Crippen LogP contribution in [0.2, 0.25) is 0 Å². The zero-order valence-electron chi connectivity index (χ0n) is 10.5. The molecule has 15 heavy (non-hydrogen) atoms. The van der Waals surface area contributed by atoms with Gasteiger partial charge in [0, 0.05) is 6.61 Å². The Morgan fingerprint density at radius 2 is 1.93 bits per heavy atom. The molecule has 2 nitrogen and oxygen atoms in total. The third-order valence-corrected chi connectivity index (χ3v) is 3.62. The molecule has 0 heterocycles. The summed E-state index contributed by atoms with van der Waals surface area (Å²) < 4.78 is 5.47. The summed E-state index contributed by atoms with van der Waals surface area (Å²) in [7, 11) is 0. The largest absolute Gasteiger partial charge is 0.387 e. The summed E-state index contributed by atoms with van der Waals surface area (Å²) in [6.07, 6.45) is 5.18. The summed E-state index contributed by atoms with van der Waals surface area (Å²) in [5, 5.41) is 10.3. The second-order valence-corrected chi connectivity index (χ2v) is 5.36. The fourth-order valence-electron chi connectivity index (χ4n) is 2.39. The molecule has 0 aliphatic heterocycles. The van der Waals surface area contributed by atoms with Gasteiger partial charge in [-0.1, -0.05) is 20.8 Å². The zero-order valence-corrected chi connectivity index (χ0v) is 10.5. The predicted octanol–water partition coefficient (Wildman–Crippen LogP) is 2.99. The lowest BCUT2D eigenvalue weighted by Gasteiger charge is -2.37. The average Bonchev–Trinajstić information content (AvgIpc) is 2.18. The van der Waals surface area contributed by atoms with Crippen LogP contribution in [0.15, 0.2) is 0 Å². The van der Waals surface area contributed by atoms with Crippen molar-refractivity contribution in [3.63, 3.8) is 0 Å². The van der Waals surface area contributed by atoms with Gasteiger partial charge in [0.05, 0.1) is 12.2 Å². The van der Waals surface area contributed by atoms with Gasteiger partial charge in [-0.15, -0.1) is 0 Å². The molecule has 1 rings (SSSR count). The second kappa shape index (κ2) is 5.86. The number of rotatable bonds is 5. The van der Waals surface area contributed by atoms with Crippen LogP contribution in [0.1, 0.15) is 52.9 Å². The third-order valence-electron chi connectivity index (χ3n) is 3.62. The lowest BCUT2D eigenvalue weighted by atomic mass is 9.75. The Bertz CT molecular complexity index is 169. The highest BCUT2D eigenvalue weighted by atomic mass is 16.5. The van der Waals surface area contributed by atoms with Gasteiger partial charge in [-0.05, 0) is 43.9 Å². The van der Waals surface area contributed by atoms with Gasteiger partial charge in [0.2, 0.25) is 0 Å². The molecule has 0 aromatic rings. The minimum Gasteiger partial charge on any atom is -0.387 e. The van der Waals surface area contributed by atoms with Crippen LogP contribution in [0, 0.1) is 11.8 Å². The van der Waals surface area contributed by atoms with Crippen molar-refractivity contribution < 1.29 is 9.84 Å². The van der Waals surface area contributed by atoms with Crippen LogP contribution in [-0.4, -0.2) is 23.9 Å². The molecule has 0 saturated heterocycles. The highest BCUT2D eigenvalue weighted by Crippen LogP contribution is 2.35. The fourth-order valence-corrected chi connectivity index (χ4v) is 2.39. The van der Waals surface area contributed by atoms with E-state index in [-0.39, 0.29) is 0 Å². The van der Waals surface area contributed by atoms with Crippen LogP contribution < -0.4 is 0 Å². The zero-order chi connectivity index (χ0) is 11.3. The molecule has 1 saturated carbocycles. The molecule has 0 radical (unpaired) electrons. The van der Waals surface area contributed by atoms with E-state index in [0.717, 1.165) is 50.5 Å². The first-order valence-electron chi connectivity index (χ1n) is 6.37. The third kappa shape index (κ3) is 4.12. The SMILES string of the molecule is CCCOCC1(O)CCC(C(C)C)CC1. The Balaban J connectivity index is 2.27. The molecule has 90 valence electrons. The minimum absolute atomic E-state index is 0.527. The summed E-state index contributed by atoms with van der Waals surface area (Å²) in [5.74, 6) is 1.56.